The summed E-state index contributed by atoms with van der Waals surface area (Å²) >= 11 is 3.62. The molecule has 4 heteroatoms. The molecule has 3 nitrogen and oxygen atoms in total. The van der Waals surface area contributed by atoms with Gasteiger partial charge in [0.05, 0.1) is 11.1 Å². The summed E-state index contributed by atoms with van der Waals surface area (Å²) in [6.45, 7) is 2.96. The molecular formula is C20H24BrN2O. The van der Waals surface area contributed by atoms with Crippen LogP contribution in [0, 0.1) is 12.3 Å². The lowest BCUT2D eigenvalue weighted by Gasteiger charge is -2.21. The zero-order chi connectivity index (χ0) is 16.8. The van der Waals surface area contributed by atoms with Crippen LogP contribution < -0.4 is 4.74 Å². The fourth-order valence-corrected chi connectivity index (χ4v) is 3.54. The van der Waals surface area contributed by atoms with Crippen LogP contribution in [0.25, 0.3) is 11.4 Å². The van der Waals surface area contributed by atoms with E-state index in [1.807, 2.05) is 30.6 Å². The molecule has 0 spiro atoms. The SMILES string of the molecule is CCCc1cnc(-c2ccc(OCC3CC[CH]CC3)c(Br)c2)nc1. The van der Waals surface area contributed by atoms with Gasteiger partial charge in [-0.1, -0.05) is 13.3 Å². The van der Waals surface area contributed by atoms with Crippen molar-refractivity contribution in [2.75, 3.05) is 6.61 Å². The molecule has 0 unspecified atom stereocenters. The number of hydrogen-bond donors (Lipinski definition) is 0. The molecule has 0 aliphatic heterocycles. The largest absolute Gasteiger partial charge is 0.492 e. The lowest BCUT2D eigenvalue weighted by molar-refractivity contribution is 0.220. The minimum atomic E-state index is 0.677. The van der Waals surface area contributed by atoms with E-state index in [4.69, 9.17) is 4.74 Å². The standard InChI is InChI=1S/C20H24BrN2O/c1-2-6-16-12-22-20(23-13-16)17-9-10-19(18(21)11-17)24-14-15-7-4-3-5-8-15/h3,9-13,15H,2,4-8,14H2,1H3. The summed E-state index contributed by atoms with van der Waals surface area (Å²) in [4.78, 5) is 8.96. The summed E-state index contributed by atoms with van der Waals surface area (Å²) in [5.41, 5.74) is 2.19. The molecule has 1 aromatic carbocycles. The quantitative estimate of drug-likeness (QED) is 0.643. The number of aryl methyl sites for hydroxylation is 1. The number of nitrogens with zero attached hydrogens (tertiary/aromatic N) is 2. The number of rotatable bonds is 6. The summed E-state index contributed by atoms with van der Waals surface area (Å²) in [6.07, 6.45) is 13.3. The van der Waals surface area contributed by atoms with Gasteiger partial charge in [-0.15, -0.1) is 0 Å². The van der Waals surface area contributed by atoms with Gasteiger partial charge in [-0.05, 0) is 84.1 Å². The molecular weight excluding hydrogens is 364 g/mol. The Bertz CT molecular complexity index is 651. The van der Waals surface area contributed by atoms with Gasteiger partial charge in [-0.2, -0.15) is 0 Å². The molecule has 0 amide bonds. The van der Waals surface area contributed by atoms with Gasteiger partial charge in [0, 0.05) is 18.0 Å². The van der Waals surface area contributed by atoms with E-state index in [0.29, 0.717) is 5.92 Å². The van der Waals surface area contributed by atoms with E-state index >= 15 is 0 Å². The van der Waals surface area contributed by atoms with Crippen molar-refractivity contribution in [3.63, 3.8) is 0 Å². The van der Waals surface area contributed by atoms with Crippen molar-refractivity contribution < 1.29 is 4.74 Å². The highest BCUT2D eigenvalue weighted by atomic mass is 79.9. The Hall–Kier alpha value is -1.42. The fourth-order valence-electron chi connectivity index (χ4n) is 3.05. The Morgan fingerprint density at radius 1 is 1.17 bits per heavy atom. The van der Waals surface area contributed by atoms with E-state index in [1.54, 1.807) is 0 Å². The van der Waals surface area contributed by atoms with Gasteiger partial charge >= 0.3 is 0 Å². The molecule has 1 aromatic heterocycles. The van der Waals surface area contributed by atoms with Crippen LogP contribution in [0.2, 0.25) is 0 Å². The van der Waals surface area contributed by atoms with Crippen molar-refractivity contribution in [3.8, 4) is 17.1 Å². The number of benzene rings is 1. The first-order chi connectivity index (χ1) is 11.8. The van der Waals surface area contributed by atoms with Gasteiger partial charge in [-0.25, -0.2) is 9.97 Å². The van der Waals surface area contributed by atoms with E-state index in [1.165, 1.54) is 31.2 Å². The topological polar surface area (TPSA) is 35.0 Å². The summed E-state index contributed by atoms with van der Waals surface area (Å²) in [5.74, 6) is 2.33. The van der Waals surface area contributed by atoms with Gasteiger partial charge in [0.15, 0.2) is 5.82 Å². The maximum atomic E-state index is 6.02. The minimum Gasteiger partial charge on any atom is -0.492 e. The molecule has 0 bridgehead atoms. The first kappa shape index (κ1) is 17.4. The Kier molecular flexibility index (Phi) is 6.24. The average molecular weight is 388 g/mol. The molecule has 1 saturated carbocycles. The third kappa shape index (κ3) is 4.56. The minimum absolute atomic E-state index is 0.677. The van der Waals surface area contributed by atoms with Crippen LogP contribution in [0.15, 0.2) is 35.1 Å². The highest BCUT2D eigenvalue weighted by Crippen LogP contribution is 2.31. The maximum absolute atomic E-state index is 6.02. The van der Waals surface area contributed by atoms with E-state index in [-0.39, 0.29) is 0 Å². The van der Waals surface area contributed by atoms with Crippen LogP contribution in [0.5, 0.6) is 5.75 Å². The predicted octanol–water partition coefficient (Wildman–Crippen LogP) is 5.63. The lowest BCUT2D eigenvalue weighted by Crippen LogP contribution is -2.15. The molecule has 3 rings (SSSR count). The lowest BCUT2D eigenvalue weighted by atomic mass is 9.90. The molecule has 0 atom stereocenters. The van der Waals surface area contributed by atoms with Crippen LogP contribution in [-0.4, -0.2) is 16.6 Å². The monoisotopic (exact) mass is 387 g/mol. The zero-order valence-electron chi connectivity index (χ0n) is 14.2. The molecule has 1 aliphatic carbocycles. The number of halogens is 1. The molecule has 0 saturated heterocycles. The molecule has 1 radical (unpaired) electrons. The molecule has 0 N–H and O–H groups in total. The Morgan fingerprint density at radius 3 is 2.58 bits per heavy atom. The molecule has 127 valence electrons. The van der Waals surface area contributed by atoms with Gasteiger partial charge < -0.3 is 4.74 Å². The second kappa shape index (κ2) is 8.61. The summed E-state index contributed by atoms with van der Waals surface area (Å²) in [7, 11) is 0. The van der Waals surface area contributed by atoms with Gasteiger partial charge in [0.2, 0.25) is 0 Å². The van der Waals surface area contributed by atoms with Crippen molar-refractivity contribution in [2.24, 2.45) is 5.92 Å². The molecule has 1 fully saturated rings. The average Bonchev–Trinajstić information content (AvgIpc) is 2.62. The highest BCUT2D eigenvalue weighted by Gasteiger charge is 2.15. The summed E-state index contributed by atoms with van der Waals surface area (Å²) in [5, 5.41) is 0. The van der Waals surface area contributed by atoms with Crippen molar-refractivity contribution >= 4 is 15.9 Å². The zero-order valence-corrected chi connectivity index (χ0v) is 15.8. The van der Waals surface area contributed by atoms with E-state index < -0.39 is 0 Å². The first-order valence-corrected chi connectivity index (χ1v) is 9.61. The molecule has 2 aromatic rings. The highest BCUT2D eigenvalue weighted by molar-refractivity contribution is 9.10. The normalized spacial score (nSPS) is 15.4. The van der Waals surface area contributed by atoms with Crippen LogP contribution in [0.4, 0.5) is 0 Å². The second-order valence-corrected chi connectivity index (χ2v) is 7.28. The van der Waals surface area contributed by atoms with Crippen LogP contribution in [0.1, 0.15) is 44.6 Å². The van der Waals surface area contributed by atoms with Gasteiger partial charge in [0.25, 0.3) is 0 Å². The molecule has 1 heterocycles. The third-order valence-corrected chi connectivity index (χ3v) is 5.09. The van der Waals surface area contributed by atoms with Crippen molar-refractivity contribution in [2.45, 2.75) is 45.4 Å². The number of aromatic nitrogens is 2. The van der Waals surface area contributed by atoms with Gasteiger partial charge in [-0.3, -0.25) is 0 Å². The Balaban J connectivity index is 1.65. The number of ether oxygens (including phenoxy) is 1. The van der Waals surface area contributed by atoms with Crippen LogP contribution >= 0.6 is 15.9 Å². The smallest absolute Gasteiger partial charge is 0.159 e. The summed E-state index contributed by atoms with van der Waals surface area (Å²) in [6, 6.07) is 6.08. The van der Waals surface area contributed by atoms with Crippen molar-refractivity contribution in [1.29, 1.82) is 0 Å². The predicted molar refractivity (Wildman–Crippen MR) is 101 cm³/mol. The van der Waals surface area contributed by atoms with Crippen LogP contribution in [-0.2, 0) is 6.42 Å². The molecule has 24 heavy (non-hydrogen) atoms. The molecule has 1 aliphatic rings. The van der Waals surface area contributed by atoms with Crippen LogP contribution in [0.3, 0.4) is 0 Å². The second-order valence-electron chi connectivity index (χ2n) is 6.43. The Morgan fingerprint density at radius 2 is 1.92 bits per heavy atom. The van der Waals surface area contributed by atoms with Gasteiger partial charge in [0.1, 0.15) is 5.75 Å². The third-order valence-electron chi connectivity index (χ3n) is 4.47. The maximum Gasteiger partial charge on any atom is 0.159 e. The summed E-state index contributed by atoms with van der Waals surface area (Å²) < 4.78 is 6.98. The number of hydrogen-bond acceptors (Lipinski definition) is 3. The van der Waals surface area contributed by atoms with E-state index in [2.05, 4.69) is 39.2 Å². The first-order valence-electron chi connectivity index (χ1n) is 8.81. The van der Waals surface area contributed by atoms with Crippen molar-refractivity contribution in [1.82, 2.24) is 9.97 Å². The fraction of sp³-hybridized carbons (Fsp3) is 0.450. The Labute approximate surface area is 153 Å². The van der Waals surface area contributed by atoms with E-state index in [9.17, 15) is 0 Å². The van der Waals surface area contributed by atoms with E-state index in [0.717, 1.165) is 41.1 Å². The van der Waals surface area contributed by atoms with Crippen molar-refractivity contribution in [3.05, 3.63) is 47.0 Å².